The summed E-state index contributed by atoms with van der Waals surface area (Å²) < 4.78 is 0. The van der Waals surface area contributed by atoms with Gasteiger partial charge < -0.3 is 30.3 Å². The summed E-state index contributed by atoms with van der Waals surface area (Å²) in [5.41, 5.74) is -6.84. The Hall–Kier alpha value is -0.530. The van der Waals surface area contributed by atoms with Gasteiger partial charge in [0, 0.05) is 0 Å². The molecule has 1 unspecified atom stereocenters. The summed E-state index contributed by atoms with van der Waals surface area (Å²) in [6, 6.07) is 0. The zero-order chi connectivity index (χ0) is 13.4. The van der Waals surface area contributed by atoms with Gasteiger partial charge in [-0.3, -0.25) is 0 Å². The van der Waals surface area contributed by atoms with E-state index in [4.69, 9.17) is 5.11 Å². The maximum Gasteiger partial charge on any atom is 0.154 e. The Morgan fingerprint density at radius 2 is 1.44 bits per heavy atom. The minimum Gasteiger partial charge on any atom is -0.391 e. The van der Waals surface area contributed by atoms with Crippen LogP contribution in [0.5, 0.6) is 0 Å². The number of aliphatic hydroxyl groups excluding tert-OH is 2. The Balaban J connectivity index is 5.36. The molecule has 0 amide bonds. The molecule has 16 heavy (non-hydrogen) atoms. The maximum atomic E-state index is 10.6. The normalized spacial score (nSPS) is 27.1. The lowest BCUT2D eigenvalue weighted by molar-refractivity contribution is -0.255. The second-order valence-electron chi connectivity index (χ2n) is 4.67. The Bertz CT molecular complexity index is 256. The van der Waals surface area contributed by atoms with Gasteiger partial charge in [-0.05, 0) is 27.7 Å². The fourth-order valence-corrected chi connectivity index (χ4v) is 1.38. The number of rotatable bonds is 5. The minimum absolute atomic E-state index is 0.0657. The number of aliphatic hydroxyl groups is 5. The van der Waals surface area contributed by atoms with E-state index in [0.717, 1.165) is 20.8 Å². The van der Waals surface area contributed by atoms with E-state index in [2.05, 4.69) is 0 Å². The Morgan fingerprint density at radius 1 is 1.06 bits per heavy atom. The highest BCUT2D eigenvalue weighted by Gasteiger charge is 2.58. The molecule has 6 heteroatoms. The van der Waals surface area contributed by atoms with Gasteiger partial charge in [0.25, 0.3) is 0 Å². The summed E-state index contributed by atoms with van der Waals surface area (Å²) in [4.78, 5) is 10.6. The van der Waals surface area contributed by atoms with Gasteiger partial charge in [0.05, 0.1) is 6.10 Å². The highest BCUT2D eigenvalue weighted by atomic mass is 16.4. The lowest BCUT2D eigenvalue weighted by atomic mass is 9.70. The molecule has 0 aliphatic heterocycles. The molecule has 5 atom stereocenters. The van der Waals surface area contributed by atoms with Crippen LogP contribution < -0.4 is 0 Å². The first-order chi connectivity index (χ1) is 6.91. The van der Waals surface area contributed by atoms with Crippen LogP contribution in [0.25, 0.3) is 0 Å². The highest BCUT2D eigenvalue weighted by Crippen LogP contribution is 2.35. The van der Waals surface area contributed by atoms with E-state index in [9.17, 15) is 25.2 Å². The van der Waals surface area contributed by atoms with E-state index in [0.29, 0.717) is 0 Å². The average molecular weight is 236 g/mol. The molecule has 0 saturated heterocycles. The third-order valence-electron chi connectivity index (χ3n) is 3.23. The molecule has 0 aliphatic rings. The number of hydrogen-bond donors (Lipinski definition) is 5. The van der Waals surface area contributed by atoms with E-state index in [1.54, 1.807) is 0 Å². The standard InChI is InChI=1S/C10H20O6/c1-6(12)7(13)9(3,15)10(4,16)8(2,14)5-11/h5-7,12-16H,1-4H3/t6?,7-,8+,9+,10-/m1/s1. The van der Waals surface area contributed by atoms with Crippen molar-refractivity contribution in [1.82, 2.24) is 0 Å². The first-order valence-corrected chi connectivity index (χ1v) is 4.91. The quantitative estimate of drug-likeness (QED) is 0.359. The van der Waals surface area contributed by atoms with Crippen LogP contribution in [0.2, 0.25) is 0 Å². The fraction of sp³-hybridized carbons (Fsp3) is 0.900. The van der Waals surface area contributed by atoms with Crippen molar-refractivity contribution >= 4 is 6.29 Å². The average Bonchev–Trinajstić information content (AvgIpc) is 2.15. The van der Waals surface area contributed by atoms with Crippen LogP contribution in [0.1, 0.15) is 27.7 Å². The Morgan fingerprint density at radius 3 is 1.69 bits per heavy atom. The summed E-state index contributed by atoms with van der Waals surface area (Å²) >= 11 is 0. The molecule has 0 heterocycles. The van der Waals surface area contributed by atoms with Crippen molar-refractivity contribution in [3.05, 3.63) is 0 Å². The molecule has 0 rings (SSSR count). The third-order valence-corrected chi connectivity index (χ3v) is 3.23. The zero-order valence-electron chi connectivity index (χ0n) is 9.88. The first kappa shape index (κ1) is 15.5. The Labute approximate surface area is 94.2 Å². The lowest BCUT2D eigenvalue weighted by Gasteiger charge is -2.47. The fourth-order valence-electron chi connectivity index (χ4n) is 1.38. The smallest absolute Gasteiger partial charge is 0.154 e. The molecule has 0 bridgehead atoms. The molecule has 0 aromatic rings. The second-order valence-corrected chi connectivity index (χ2v) is 4.67. The summed E-state index contributed by atoms with van der Waals surface area (Å²) in [6.07, 6.45) is -2.98. The summed E-state index contributed by atoms with van der Waals surface area (Å²) in [5, 5.41) is 48.3. The summed E-state index contributed by atoms with van der Waals surface area (Å²) in [6.45, 7) is 4.25. The van der Waals surface area contributed by atoms with Crippen LogP contribution in [0.4, 0.5) is 0 Å². The van der Waals surface area contributed by atoms with Crippen molar-refractivity contribution in [1.29, 1.82) is 0 Å². The molecule has 0 spiro atoms. The second kappa shape index (κ2) is 4.38. The number of hydrogen-bond acceptors (Lipinski definition) is 6. The number of carbonyl (C=O) groups excluding carboxylic acids is 1. The molecular formula is C10H20O6. The van der Waals surface area contributed by atoms with E-state index in [1.807, 2.05) is 0 Å². The predicted molar refractivity (Wildman–Crippen MR) is 55.6 cm³/mol. The van der Waals surface area contributed by atoms with Crippen molar-refractivity contribution in [3.8, 4) is 0 Å². The highest BCUT2D eigenvalue weighted by molar-refractivity contribution is 5.64. The number of carbonyl (C=O) groups is 1. The van der Waals surface area contributed by atoms with Gasteiger partial charge in [0.15, 0.2) is 6.29 Å². The minimum atomic E-state index is -2.32. The molecule has 0 aromatic carbocycles. The molecule has 0 fully saturated rings. The SMILES string of the molecule is CC(O)[C@@H](O)[C@](C)(O)[C@](C)(O)[C@@](C)(O)C=O. The Kier molecular flexibility index (Phi) is 4.24. The van der Waals surface area contributed by atoms with E-state index in [-0.39, 0.29) is 6.29 Å². The topological polar surface area (TPSA) is 118 Å². The van der Waals surface area contributed by atoms with E-state index < -0.39 is 29.0 Å². The van der Waals surface area contributed by atoms with Crippen LogP contribution in [0.3, 0.4) is 0 Å². The third kappa shape index (κ3) is 2.26. The van der Waals surface area contributed by atoms with Crippen molar-refractivity contribution in [2.45, 2.75) is 56.7 Å². The first-order valence-electron chi connectivity index (χ1n) is 4.91. The van der Waals surface area contributed by atoms with Gasteiger partial charge in [0.2, 0.25) is 0 Å². The van der Waals surface area contributed by atoms with Crippen LogP contribution in [-0.2, 0) is 4.79 Å². The summed E-state index contributed by atoms with van der Waals surface area (Å²) in [5.74, 6) is 0. The molecule has 0 radical (unpaired) electrons. The largest absolute Gasteiger partial charge is 0.391 e. The van der Waals surface area contributed by atoms with Crippen molar-refractivity contribution in [2.24, 2.45) is 0 Å². The van der Waals surface area contributed by atoms with Gasteiger partial charge in [0.1, 0.15) is 22.9 Å². The van der Waals surface area contributed by atoms with Crippen LogP contribution in [-0.4, -0.2) is 60.8 Å². The van der Waals surface area contributed by atoms with E-state index >= 15 is 0 Å². The van der Waals surface area contributed by atoms with Crippen LogP contribution in [0, 0.1) is 0 Å². The molecule has 6 nitrogen and oxygen atoms in total. The van der Waals surface area contributed by atoms with Crippen molar-refractivity contribution in [3.63, 3.8) is 0 Å². The molecule has 0 saturated carbocycles. The monoisotopic (exact) mass is 236 g/mol. The van der Waals surface area contributed by atoms with E-state index in [1.165, 1.54) is 6.92 Å². The van der Waals surface area contributed by atoms with Gasteiger partial charge >= 0.3 is 0 Å². The van der Waals surface area contributed by atoms with Gasteiger partial charge in [-0.1, -0.05) is 0 Å². The molecular weight excluding hydrogens is 216 g/mol. The van der Waals surface area contributed by atoms with Crippen LogP contribution in [0.15, 0.2) is 0 Å². The van der Waals surface area contributed by atoms with Gasteiger partial charge in [-0.25, -0.2) is 0 Å². The van der Waals surface area contributed by atoms with Crippen LogP contribution >= 0.6 is 0 Å². The lowest BCUT2D eigenvalue weighted by Crippen LogP contribution is -2.70. The zero-order valence-corrected chi connectivity index (χ0v) is 9.88. The summed E-state index contributed by atoms with van der Waals surface area (Å²) in [7, 11) is 0. The molecule has 0 aromatic heterocycles. The predicted octanol–water partition coefficient (Wildman–Crippen LogP) is -1.82. The van der Waals surface area contributed by atoms with Crippen molar-refractivity contribution in [2.75, 3.05) is 0 Å². The van der Waals surface area contributed by atoms with Crippen molar-refractivity contribution < 1.29 is 30.3 Å². The van der Waals surface area contributed by atoms with Gasteiger partial charge in [-0.15, -0.1) is 0 Å². The van der Waals surface area contributed by atoms with Gasteiger partial charge in [-0.2, -0.15) is 0 Å². The maximum absolute atomic E-state index is 10.6. The molecule has 5 N–H and O–H groups in total. The molecule has 96 valence electrons. The molecule has 0 aliphatic carbocycles. The number of aldehydes is 1.